The van der Waals surface area contributed by atoms with Gasteiger partial charge in [0.2, 0.25) is 0 Å². The van der Waals surface area contributed by atoms with Crippen molar-refractivity contribution in [3.05, 3.63) is 0 Å². The van der Waals surface area contributed by atoms with Crippen LogP contribution in [0.3, 0.4) is 0 Å². The van der Waals surface area contributed by atoms with Gasteiger partial charge in [-0.2, -0.15) is 0 Å². The average Bonchev–Trinajstić information content (AvgIpc) is 1.87. The first-order chi connectivity index (χ1) is 5.20. The fourth-order valence-electron chi connectivity index (χ4n) is 1.10. The fraction of sp³-hybridized carbons (Fsp3) is 0.889. The summed E-state index contributed by atoms with van der Waals surface area (Å²) in [5.74, 6) is 1.49. The predicted octanol–water partition coefficient (Wildman–Crippen LogP) is 3.09. The van der Waals surface area contributed by atoms with Crippen LogP contribution >= 0.6 is 11.8 Å². The number of carbonyl (C=O) groups excluding carboxylic acids is 1. The molecule has 0 aromatic heterocycles. The molecule has 11 heavy (non-hydrogen) atoms. The van der Waals surface area contributed by atoms with Crippen LogP contribution in [0.4, 0.5) is 0 Å². The van der Waals surface area contributed by atoms with Crippen LogP contribution in [0.2, 0.25) is 0 Å². The van der Waals surface area contributed by atoms with Crippen LogP contribution in [0.15, 0.2) is 0 Å². The Morgan fingerprint density at radius 3 is 2.55 bits per heavy atom. The molecule has 1 atom stereocenters. The highest BCUT2D eigenvalue weighted by molar-refractivity contribution is 8.13. The lowest BCUT2D eigenvalue weighted by molar-refractivity contribution is -0.111. The van der Waals surface area contributed by atoms with Gasteiger partial charge in [-0.1, -0.05) is 45.4 Å². The minimum atomic E-state index is 0.355. The first-order valence-electron chi connectivity index (χ1n) is 4.36. The summed E-state index contributed by atoms with van der Waals surface area (Å²) >= 11 is 1.45. The van der Waals surface area contributed by atoms with E-state index in [4.69, 9.17) is 0 Å². The Morgan fingerprint density at radius 1 is 1.45 bits per heavy atom. The molecule has 0 radical (unpaired) electrons. The average molecular weight is 174 g/mol. The van der Waals surface area contributed by atoms with Crippen LogP contribution in [0.25, 0.3) is 0 Å². The molecule has 0 fully saturated rings. The van der Waals surface area contributed by atoms with Crippen molar-refractivity contribution in [1.82, 2.24) is 0 Å². The summed E-state index contributed by atoms with van der Waals surface area (Å²) in [4.78, 5) is 11.1. The van der Waals surface area contributed by atoms with Gasteiger partial charge in [0.25, 0.3) is 0 Å². The minimum absolute atomic E-state index is 0.355. The second-order valence-electron chi connectivity index (χ2n) is 2.90. The van der Waals surface area contributed by atoms with E-state index in [0.717, 1.165) is 12.2 Å². The van der Waals surface area contributed by atoms with E-state index in [1.54, 1.807) is 0 Å². The second kappa shape index (κ2) is 6.71. The standard InChI is InChI=1S/C9H18OS/c1-4-6-8(3)7-9(10)11-5-2/h8H,4-7H2,1-3H3/t8-/m1/s1. The molecule has 66 valence electrons. The van der Waals surface area contributed by atoms with Crippen molar-refractivity contribution in [1.29, 1.82) is 0 Å². The van der Waals surface area contributed by atoms with E-state index in [1.165, 1.54) is 24.6 Å². The number of hydrogen-bond acceptors (Lipinski definition) is 2. The number of carbonyl (C=O) groups is 1. The molecule has 0 aromatic carbocycles. The zero-order valence-corrected chi connectivity index (χ0v) is 8.54. The lowest BCUT2D eigenvalue weighted by atomic mass is 10.0. The Hall–Kier alpha value is 0.0200. The van der Waals surface area contributed by atoms with Crippen molar-refractivity contribution in [3.63, 3.8) is 0 Å². The molecule has 0 aliphatic heterocycles. The molecule has 0 N–H and O–H groups in total. The summed E-state index contributed by atoms with van der Waals surface area (Å²) in [5.41, 5.74) is 0. The third-order valence-electron chi connectivity index (χ3n) is 1.60. The highest BCUT2D eigenvalue weighted by Gasteiger charge is 2.07. The summed E-state index contributed by atoms with van der Waals surface area (Å²) in [6.07, 6.45) is 3.12. The van der Waals surface area contributed by atoms with Gasteiger partial charge >= 0.3 is 0 Å². The molecule has 1 nitrogen and oxygen atoms in total. The van der Waals surface area contributed by atoms with Gasteiger partial charge in [0, 0.05) is 6.42 Å². The van der Waals surface area contributed by atoms with Gasteiger partial charge in [0.05, 0.1) is 0 Å². The normalized spacial score (nSPS) is 13.0. The predicted molar refractivity (Wildman–Crippen MR) is 51.8 cm³/mol. The molecular formula is C9H18OS. The van der Waals surface area contributed by atoms with Gasteiger partial charge in [-0.05, 0) is 11.7 Å². The van der Waals surface area contributed by atoms with E-state index < -0.39 is 0 Å². The Bertz CT molecular complexity index is 112. The zero-order chi connectivity index (χ0) is 8.69. The number of thioether (sulfide) groups is 1. The van der Waals surface area contributed by atoms with Crippen molar-refractivity contribution < 1.29 is 4.79 Å². The van der Waals surface area contributed by atoms with Crippen molar-refractivity contribution in [2.24, 2.45) is 5.92 Å². The van der Waals surface area contributed by atoms with Gasteiger partial charge in [-0.3, -0.25) is 4.79 Å². The summed E-state index contributed by atoms with van der Waals surface area (Å²) < 4.78 is 0. The number of rotatable bonds is 5. The third-order valence-corrected chi connectivity index (χ3v) is 2.38. The second-order valence-corrected chi connectivity index (χ2v) is 4.22. The van der Waals surface area contributed by atoms with Crippen LogP contribution in [-0.2, 0) is 4.79 Å². The van der Waals surface area contributed by atoms with Crippen molar-refractivity contribution in [2.75, 3.05) is 5.75 Å². The van der Waals surface area contributed by atoms with E-state index in [0.29, 0.717) is 11.0 Å². The molecule has 0 saturated carbocycles. The molecule has 0 bridgehead atoms. The van der Waals surface area contributed by atoms with Gasteiger partial charge < -0.3 is 0 Å². The molecule has 0 aliphatic rings. The van der Waals surface area contributed by atoms with Crippen LogP contribution in [0, 0.1) is 5.92 Å². The van der Waals surface area contributed by atoms with Gasteiger partial charge in [0.15, 0.2) is 5.12 Å². The topological polar surface area (TPSA) is 17.1 Å². The maximum absolute atomic E-state index is 11.1. The summed E-state index contributed by atoms with van der Waals surface area (Å²) in [6, 6.07) is 0. The highest BCUT2D eigenvalue weighted by Crippen LogP contribution is 2.15. The molecule has 0 saturated heterocycles. The minimum Gasteiger partial charge on any atom is -0.287 e. The van der Waals surface area contributed by atoms with E-state index >= 15 is 0 Å². The van der Waals surface area contributed by atoms with Crippen LogP contribution in [0.1, 0.15) is 40.0 Å². The molecular weight excluding hydrogens is 156 g/mol. The molecule has 0 spiro atoms. The largest absolute Gasteiger partial charge is 0.287 e. The summed E-state index contributed by atoms with van der Waals surface area (Å²) in [5, 5.41) is 0.355. The van der Waals surface area contributed by atoms with E-state index in [-0.39, 0.29) is 0 Å². The SMILES string of the molecule is CCC[C@@H](C)CC(=O)SCC. The maximum atomic E-state index is 11.1. The Balaban J connectivity index is 3.40. The van der Waals surface area contributed by atoms with Crippen LogP contribution in [-0.4, -0.2) is 10.9 Å². The molecule has 0 aliphatic carbocycles. The molecule has 0 aromatic rings. The molecule has 2 heteroatoms. The Labute approximate surface area is 73.9 Å². The summed E-state index contributed by atoms with van der Waals surface area (Å²) in [7, 11) is 0. The lowest BCUT2D eigenvalue weighted by Gasteiger charge is -2.06. The van der Waals surface area contributed by atoms with Crippen LogP contribution in [0.5, 0.6) is 0 Å². The summed E-state index contributed by atoms with van der Waals surface area (Å²) in [6.45, 7) is 6.33. The third kappa shape index (κ3) is 6.42. The van der Waals surface area contributed by atoms with Gasteiger partial charge in [0.1, 0.15) is 0 Å². The smallest absolute Gasteiger partial charge is 0.189 e. The van der Waals surface area contributed by atoms with Crippen LogP contribution < -0.4 is 0 Å². The Kier molecular flexibility index (Phi) is 6.73. The van der Waals surface area contributed by atoms with Gasteiger partial charge in [-0.25, -0.2) is 0 Å². The molecule has 0 unspecified atom stereocenters. The molecule has 0 rings (SSSR count). The van der Waals surface area contributed by atoms with Crippen molar-refractivity contribution in [2.45, 2.75) is 40.0 Å². The van der Waals surface area contributed by atoms with Crippen molar-refractivity contribution in [3.8, 4) is 0 Å². The van der Waals surface area contributed by atoms with Gasteiger partial charge in [-0.15, -0.1) is 0 Å². The van der Waals surface area contributed by atoms with E-state index in [2.05, 4.69) is 13.8 Å². The number of hydrogen-bond donors (Lipinski definition) is 0. The van der Waals surface area contributed by atoms with Crippen molar-refractivity contribution >= 4 is 16.9 Å². The first-order valence-corrected chi connectivity index (χ1v) is 5.34. The van der Waals surface area contributed by atoms with E-state index in [9.17, 15) is 4.79 Å². The fourth-order valence-corrected chi connectivity index (χ4v) is 1.82. The van der Waals surface area contributed by atoms with E-state index in [1.807, 2.05) is 6.92 Å². The Morgan fingerprint density at radius 2 is 2.09 bits per heavy atom. The monoisotopic (exact) mass is 174 g/mol. The zero-order valence-electron chi connectivity index (χ0n) is 7.72. The first kappa shape index (κ1) is 11.0. The quantitative estimate of drug-likeness (QED) is 0.637. The lowest BCUT2D eigenvalue weighted by Crippen LogP contribution is -2.01. The highest BCUT2D eigenvalue weighted by atomic mass is 32.2. The maximum Gasteiger partial charge on any atom is 0.189 e. The molecule has 0 heterocycles. The molecule has 0 amide bonds.